The maximum absolute atomic E-state index is 12.7. The summed E-state index contributed by atoms with van der Waals surface area (Å²) >= 11 is 0. The molecule has 1 aliphatic rings. The third kappa shape index (κ3) is 2.25. The van der Waals surface area contributed by atoms with Crippen LogP contribution in [0, 0.1) is 0 Å². The molecule has 2 N–H and O–H groups in total. The molecule has 24 heavy (non-hydrogen) atoms. The van der Waals surface area contributed by atoms with Crippen LogP contribution < -0.4 is 10.1 Å². The van der Waals surface area contributed by atoms with E-state index in [9.17, 15) is 4.79 Å². The van der Waals surface area contributed by atoms with E-state index in [1.54, 1.807) is 38.0 Å². The molecule has 4 rings (SSSR count). The molecule has 1 amide bonds. The van der Waals surface area contributed by atoms with Crippen molar-refractivity contribution in [2.24, 2.45) is 0 Å². The predicted molar refractivity (Wildman–Crippen MR) is 89.2 cm³/mol. The lowest BCUT2D eigenvalue weighted by Crippen LogP contribution is -2.18. The second-order valence-electron chi connectivity index (χ2n) is 5.83. The second kappa shape index (κ2) is 5.52. The van der Waals surface area contributed by atoms with E-state index >= 15 is 0 Å². The highest BCUT2D eigenvalue weighted by atomic mass is 16.5. The highest BCUT2D eigenvalue weighted by Gasteiger charge is 2.28. The van der Waals surface area contributed by atoms with E-state index in [0.29, 0.717) is 23.0 Å². The highest BCUT2D eigenvalue weighted by Crippen LogP contribution is 2.35. The summed E-state index contributed by atoms with van der Waals surface area (Å²) in [7, 11) is 1.56. The minimum absolute atomic E-state index is 0.202. The summed E-state index contributed by atoms with van der Waals surface area (Å²) in [5, 5.41) is 2.86. The zero-order valence-electron chi connectivity index (χ0n) is 13.4. The number of carbonyl (C=O) groups is 1. The number of amides is 1. The van der Waals surface area contributed by atoms with Crippen LogP contribution in [0.25, 0.3) is 11.4 Å². The van der Waals surface area contributed by atoms with Gasteiger partial charge in [-0.1, -0.05) is 0 Å². The molecule has 7 nitrogen and oxygen atoms in total. The van der Waals surface area contributed by atoms with Gasteiger partial charge in [0.05, 0.1) is 36.3 Å². The van der Waals surface area contributed by atoms with Crippen molar-refractivity contribution >= 4 is 11.6 Å². The zero-order chi connectivity index (χ0) is 16.7. The number of rotatable bonds is 3. The highest BCUT2D eigenvalue weighted by molar-refractivity contribution is 6.08. The summed E-state index contributed by atoms with van der Waals surface area (Å²) in [6.45, 7) is 2.14. The zero-order valence-corrected chi connectivity index (χ0v) is 13.4. The molecule has 0 radical (unpaired) electrons. The molecule has 0 saturated heterocycles. The first-order valence-corrected chi connectivity index (χ1v) is 7.71. The number of H-pyrrole nitrogens is 1. The number of carbonyl (C=O) groups excluding carboxylic acids is 1. The van der Waals surface area contributed by atoms with Crippen LogP contribution in [-0.2, 0) is 6.42 Å². The quantitative estimate of drug-likeness (QED) is 0.776. The van der Waals surface area contributed by atoms with Crippen molar-refractivity contribution < 1.29 is 9.53 Å². The van der Waals surface area contributed by atoms with Gasteiger partial charge in [-0.05, 0) is 6.92 Å². The molecular weight excluding hydrogens is 306 g/mol. The van der Waals surface area contributed by atoms with Crippen molar-refractivity contribution in [3.05, 3.63) is 48.3 Å². The van der Waals surface area contributed by atoms with Gasteiger partial charge in [-0.15, -0.1) is 0 Å². The van der Waals surface area contributed by atoms with Crippen LogP contribution in [0.3, 0.4) is 0 Å². The van der Waals surface area contributed by atoms with Crippen molar-refractivity contribution in [2.45, 2.75) is 19.4 Å². The summed E-state index contributed by atoms with van der Waals surface area (Å²) in [5.74, 6) is 1.21. The van der Waals surface area contributed by atoms with Crippen LogP contribution in [0.15, 0.2) is 37.1 Å². The molecule has 0 aromatic carbocycles. The predicted octanol–water partition coefficient (Wildman–Crippen LogP) is 2.65. The third-order valence-corrected chi connectivity index (χ3v) is 4.28. The first-order chi connectivity index (χ1) is 11.7. The molecule has 3 aromatic heterocycles. The first kappa shape index (κ1) is 14.5. The molecule has 1 aliphatic heterocycles. The minimum Gasteiger partial charge on any atom is -0.495 e. The van der Waals surface area contributed by atoms with Crippen molar-refractivity contribution in [3.8, 4) is 17.1 Å². The van der Waals surface area contributed by atoms with Crippen LogP contribution in [0.4, 0.5) is 5.69 Å². The van der Waals surface area contributed by atoms with E-state index in [0.717, 1.165) is 23.5 Å². The first-order valence-electron chi connectivity index (χ1n) is 7.71. The van der Waals surface area contributed by atoms with E-state index in [1.807, 2.05) is 6.20 Å². The number of hydrogen-bond donors (Lipinski definition) is 2. The van der Waals surface area contributed by atoms with Gasteiger partial charge < -0.3 is 19.6 Å². The number of aromatic nitrogens is 4. The Hall–Kier alpha value is -3.09. The molecule has 7 heteroatoms. The van der Waals surface area contributed by atoms with Gasteiger partial charge in [0.15, 0.2) is 0 Å². The molecule has 0 saturated carbocycles. The molecule has 0 aliphatic carbocycles. The molecule has 0 spiro atoms. The Morgan fingerprint density at radius 3 is 3.17 bits per heavy atom. The number of methoxy groups -OCH3 is 1. The largest absolute Gasteiger partial charge is 0.495 e. The number of anilines is 1. The molecule has 1 unspecified atom stereocenters. The average molecular weight is 323 g/mol. The van der Waals surface area contributed by atoms with Crippen LogP contribution >= 0.6 is 0 Å². The number of pyridine rings is 1. The number of nitrogens with zero attached hydrogens (tertiary/aromatic N) is 3. The van der Waals surface area contributed by atoms with Crippen molar-refractivity contribution in [3.63, 3.8) is 0 Å². The topological polar surface area (TPSA) is 84.8 Å². The SMILES string of the molecule is COc1cncc(NC(=O)c2c[nH]c3c2-c2nccn2C(C)C3)c1. The minimum atomic E-state index is -0.202. The maximum Gasteiger partial charge on any atom is 0.258 e. The average Bonchev–Trinajstić information content (AvgIpc) is 3.21. The Balaban J connectivity index is 1.68. The van der Waals surface area contributed by atoms with E-state index in [2.05, 4.69) is 31.8 Å². The van der Waals surface area contributed by atoms with Crippen molar-refractivity contribution in [1.82, 2.24) is 19.5 Å². The van der Waals surface area contributed by atoms with E-state index in [4.69, 9.17) is 4.74 Å². The Labute approximate surface area is 138 Å². The van der Waals surface area contributed by atoms with Crippen molar-refractivity contribution in [1.29, 1.82) is 0 Å². The fourth-order valence-electron chi connectivity index (χ4n) is 3.12. The van der Waals surface area contributed by atoms with Gasteiger partial charge in [-0.2, -0.15) is 0 Å². The Morgan fingerprint density at radius 2 is 2.33 bits per heavy atom. The van der Waals surface area contributed by atoms with Gasteiger partial charge in [0.2, 0.25) is 0 Å². The summed E-state index contributed by atoms with van der Waals surface area (Å²) in [6, 6.07) is 2.04. The fourth-order valence-corrected chi connectivity index (χ4v) is 3.12. The number of fused-ring (bicyclic) bond motifs is 3. The molecule has 0 bridgehead atoms. The fraction of sp³-hybridized carbons (Fsp3) is 0.235. The lowest BCUT2D eigenvalue weighted by atomic mass is 10.0. The van der Waals surface area contributed by atoms with Gasteiger partial charge in [-0.3, -0.25) is 9.78 Å². The smallest absolute Gasteiger partial charge is 0.258 e. The second-order valence-corrected chi connectivity index (χ2v) is 5.83. The van der Waals surface area contributed by atoms with Crippen LogP contribution in [0.1, 0.15) is 29.0 Å². The Morgan fingerprint density at radius 1 is 1.46 bits per heavy atom. The number of aromatic amines is 1. The number of hydrogen-bond acceptors (Lipinski definition) is 4. The molecule has 1 atom stereocenters. The lowest BCUT2D eigenvalue weighted by molar-refractivity contribution is 0.102. The summed E-state index contributed by atoms with van der Waals surface area (Å²) in [5.41, 5.74) is 3.07. The van der Waals surface area contributed by atoms with Gasteiger partial charge in [0.1, 0.15) is 11.6 Å². The van der Waals surface area contributed by atoms with E-state index in [-0.39, 0.29) is 5.91 Å². The van der Waals surface area contributed by atoms with Gasteiger partial charge in [0, 0.05) is 42.8 Å². The number of ether oxygens (including phenoxy) is 1. The van der Waals surface area contributed by atoms with Crippen LogP contribution in [0.2, 0.25) is 0 Å². The standard InChI is InChI=1S/C17H17N5O2/c1-10-5-14-15(16-19-3-4-22(10)16)13(9-20-14)17(23)21-11-6-12(24-2)8-18-7-11/h3-4,6-10,20H,5H2,1-2H3,(H,21,23). The summed E-state index contributed by atoms with van der Waals surface area (Å²) < 4.78 is 7.23. The Kier molecular flexibility index (Phi) is 3.34. The molecule has 122 valence electrons. The van der Waals surface area contributed by atoms with Crippen LogP contribution in [-0.4, -0.2) is 32.5 Å². The number of nitrogens with one attached hydrogen (secondary N) is 2. The lowest BCUT2D eigenvalue weighted by Gasteiger charge is -2.22. The normalized spacial score (nSPS) is 15.5. The van der Waals surface area contributed by atoms with Gasteiger partial charge in [0.25, 0.3) is 5.91 Å². The summed E-state index contributed by atoms with van der Waals surface area (Å²) in [4.78, 5) is 24.4. The molecule has 3 aromatic rings. The van der Waals surface area contributed by atoms with Gasteiger partial charge in [-0.25, -0.2) is 4.98 Å². The van der Waals surface area contributed by atoms with E-state index < -0.39 is 0 Å². The van der Waals surface area contributed by atoms with Crippen molar-refractivity contribution in [2.75, 3.05) is 12.4 Å². The third-order valence-electron chi connectivity index (χ3n) is 4.28. The van der Waals surface area contributed by atoms with Crippen LogP contribution in [0.5, 0.6) is 5.75 Å². The monoisotopic (exact) mass is 323 g/mol. The molecular formula is C17H17N5O2. The molecule has 0 fully saturated rings. The Bertz CT molecular complexity index is 911. The molecule has 4 heterocycles. The van der Waals surface area contributed by atoms with Gasteiger partial charge >= 0.3 is 0 Å². The van der Waals surface area contributed by atoms with E-state index in [1.165, 1.54) is 0 Å². The number of imidazole rings is 1. The summed E-state index contributed by atoms with van der Waals surface area (Å²) in [6.07, 6.45) is 9.47. The maximum atomic E-state index is 12.7.